The van der Waals surface area contributed by atoms with Gasteiger partial charge in [0.15, 0.2) is 5.54 Å². The summed E-state index contributed by atoms with van der Waals surface area (Å²) in [5, 5.41) is 1.09. The van der Waals surface area contributed by atoms with E-state index in [0.29, 0.717) is 18.0 Å². The number of nitrogens with zero attached hydrogens (tertiary/aromatic N) is 2. The van der Waals surface area contributed by atoms with E-state index in [2.05, 4.69) is 42.2 Å². The minimum Gasteiger partial charge on any atom is -0.497 e. The molecule has 6 nitrogen and oxygen atoms in total. The van der Waals surface area contributed by atoms with Crippen molar-refractivity contribution in [1.29, 1.82) is 0 Å². The Hall–Kier alpha value is -4.06. The maximum absolute atomic E-state index is 14.0. The molecule has 6 heteroatoms. The van der Waals surface area contributed by atoms with Crippen LogP contribution in [-0.4, -0.2) is 35.5 Å². The molecule has 2 atom stereocenters. The number of carbonyl (C=O) groups excluding carboxylic acids is 2. The number of urea groups is 1. The Bertz CT molecular complexity index is 1460. The lowest BCUT2D eigenvalue weighted by Crippen LogP contribution is -2.50. The maximum Gasteiger partial charge on any atom is 0.332 e. The summed E-state index contributed by atoms with van der Waals surface area (Å²) in [6, 6.07) is 23.5. The Morgan fingerprint density at radius 1 is 1.00 bits per heavy atom. The molecule has 35 heavy (non-hydrogen) atoms. The molecule has 3 heterocycles. The van der Waals surface area contributed by atoms with E-state index < -0.39 is 5.54 Å². The predicted molar refractivity (Wildman–Crippen MR) is 136 cm³/mol. The first kappa shape index (κ1) is 21.5. The fourth-order valence-corrected chi connectivity index (χ4v) is 5.63. The summed E-state index contributed by atoms with van der Waals surface area (Å²) in [6.45, 7) is 4.43. The van der Waals surface area contributed by atoms with Crippen LogP contribution in [0.5, 0.6) is 5.75 Å². The zero-order chi connectivity index (χ0) is 24.3. The van der Waals surface area contributed by atoms with Crippen molar-refractivity contribution in [2.75, 3.05) is 18.6 Å². The smallest absolute Gasteiger partial charge is 0.332 e. The van der Waals surface area contributed by atoms with Gasteiger partial charge in [0.05, 0.1) is 18.5 Å². The lowest BCUT2D eigenvalue weighted by atomic mass is 9.78. The molecule has 6 rings (SSSR count). The van der Waals surface area contributed by atoms with Crippen molar-refractivity contribution < 1.29 is 14.3 Å². The van der Waals surface area contributed by atoms with Crippen molar-refractivity contribution in [3.05, 3.63) is 95.2 Å². The van der Waals surface area contributed by atoms with Gasteiger partial charge in [0.25, 0.3) is 5.91 Å². The van der Waals surface area contributed by atoms with E-state index in [0.717, 1.165) is 34.1 Å². The van der Waals surface area contributed by atoms with Crippen LogP contribution >= 0.6 is 0 Å². The molecule has 2 aliphatic rings. The number of hydrogen-bond acceptors (Lipinski definition) is 3. The number of nitrogens with one attached hydrogen (secondary N) is 1. The van der Waals surface area contributed by atoms with Crippen molar-refractivity contribution in [2.45, 2.75) is 31.7 Å². The fourth-order valence-electron chi connectivity index (χ4n) is 5.63. The van der Waals surface area contributed by atoms with Gasteiger partial charge in [-0.3, -0.25) is 4.79 Å². The van der Waals surface area contributed by atoms with Crippen molar-refractivity contribution in [1.82, 2.24) is 9.88 Å². The third-order valence-corrected chi connectivity index (χ3v) is 7.65. The third-order valence-electron chi connectivity index (χ3n) is 7.65. The molecule has 0 saturated carbocycles. The van der Waals surface area contributed by atoms with Gasteiger partial charge in [0.2, 0.25) is 0 Å². The van der Waals surface area contributed by atoms with E-state index >= 15 is 0 Å². The molecule has 0 spiro atoms. The molecule has 0 aliphatic carbocycles. The van der Waals surface area contributed by atoms with Crippen LogP contribution in [0.25, 0.3) is 10.9 Å². The number of methoxy groups -OCH3 is 1. The molecule has 0 radical (unpaired) electrons. The van der Waals surface area contributed by atoms with Crippen LogP contribution in [0.3, 0.4) is 0 Å². The molecule has 1 N–H and O–H groups in total. The first-order valence-corrected chi connectivity index (χ1v) is 12.0. The molecule has 176 valence electrons. The average molecular weight is 466 g/mol. The molecule has 0 bridgehead atoms. The summed E-state index contributed by atoms with van der Waals surface area (Å²) in [4.78, 5) is 34.4. The van der Waals surface area contributed by atoms with E-state index in [-0.39, 0.29) is 17.9 Å². The Labute approximate surface area is 204 Å². The molecule has 1 fully saturated rings. The molecule has 2 unspecified atom stereocenters. The highest BCUT2D eigenvalue weighted by Crippen LogP contribution is 2.50. The van der Waals surface area contributed by atoms with Gasteiger partial charge < -0.3 is 14.6 Å². The number of carbonyl (C=O) groups is 2. The van der Waals surface area contributed by atoms with Gasteiger partial charge in [-0.25, -0.2) is 9.69 Å². The van der Waals surface area contributed by atoms with Crippen LogP contribution in [0.2, 0.25) is 0 Å². The van der Waals surface area contributed by atoms with Crippen LogP contribution in [0.15, 0.2) is 72.8 Å². The van der Waals surface area contributed by atoms with Gasteiger partial charge in [0, 0.05) is 23.4 Å². The Kier molecular flexibility index (Phi) is 4.74. The van der Waals surface area contributed by atoms with Crippen LogP contribution in [-0.2, 0) is 16.8 Å². The molecular weight excluding hydrogens is 438 g/mol. The predicted octanol–water partition coefficient (Wildman–Crippen LogP) is 5.57. The Balaban J connectivity index is 1.53. The standard InChI is InChI=1S/C29H27N3O3/c1-4-18-9-11-19(12-10-18)23-17-31-28(34)32(20-13-15-21(35-3)16-14-20)27(33)29(31,2)26-25(23)22-7-5-6-8-24(22)30-26/h5-16,23,30H,4,17H2,1-3H3. The number of amides is 3. The van der Waals surface area contributed by atoms with Gasteiger partial charge in [-0.15, -0.1) is 0 Å². The van der Waals surface area contributed by atoms with Gasteiger partial charge in [-0.1, -0.05) is 49.4 Å². The second-order valence-corrected chi connectivity index (χ2v) is 9.41. The van der Waals surface area contributed by atoms with Gasteiger partial charge in [-0.05, 0) is 60.4 Å². The van der Waals surface area contributed by atoms with Gasteiger partial charge >= 0.3 is 6.03 Å². The molecular formula is C29H27N3O3. The molecule has 4 aromatic rings. The summed E-state index contributed by atoms with van der Waals surface area (Å²) < 4.78 is 5.26. The van der Waals surface area contributed by atoms with E-state index in [4.69, 9.17) is 4.74 Å². The summed E-state index contributed by atoms with van der Waals surface area (Å²) in [5.41, 5.74) is 4.69. The van der Waals surface area contributed by atoms with Crippen LogP contribution in [0, 0.1) is 0 Å². The lowest BCUT2D eigenvalue weighted by molar-refractivity contribution is -0.125. The topological polar surface area (TPSA) is 65.6 Å². The van der Waals surface area contributed by atoms with E-state index in [1.807, 2.05) is 25.1 Å². The van der Waals surface area contributed by atoms with Crippen LogP contribution in [0.1, 0.15) is 42.1 Å². The highest BCUT2D eigenvalue weighted by molar-refractivity contribution is 6.23. The van der Waals surface area contributed by atoms with Gasteiger partial charge in [-0.2, -0.15) is 0 Å². The highest BCUT2D eigenvalue weighted by atomic mass is 16.5. The van der Waals surface area contributed by atoms with E-state index in [1.165, 1.54) is 10.5 Å². The molecule has 1 aromatic heterocycles. The average Bonchev–Trinajstić information content (AvgIpc) is 3.38. The normalized spacial score (nSPS) is 21.4. The minimum atomic E-state index is -1.12. The fraction of sp³-hybridized carbons (Fsp3) is 0.241. The van der Waals surface area contributed by atoms with E-state index in [1.54, 1.807) is 36.3 Å². The number of rotatable bonds is 4. The van der Waals surface area contributed by atoms with E-state index in [9.17, 15) is 9.59 Å². The number of aryl methyl sites for hydroxylation is 1. The summed E-state index contributed by atoms with van der Waals surface area (Å²) >= 11 is 0. The number of hydrogen-bond donors (Lipinski definition) is 1. The SMILES string of the molecule is CCc1ccc(C2CN3C(=O)N(c4ccc(OC)cc4)C(=O)C3(C)c3[nH]c4ccccc4c32)cc1. The second-order valence-electron chi connectivity index (χ2n) is 9.41. The Morgan fingerprint density at radius 3 is 2.40 bits per heavy atom. The maximum atomic E-state index is 14.0. The van der Waals surface area contributed by atoms with Crippen LogP contribution < -0.4 is 9.64 Å². The number of anilines is 1. The second kappa shape index (κ2) is 7.73. The number of aromatic amines is 1. The zero-order valence-electron chi connectivity index (χ0n) is 20.0. The summed E-state index contributed by atoms with van der Waals surface area (Å²) in [6.07, 6.45) is 0.970. The summed E-state index contributed by atoms with van der Waals surface area (Å²) in [7, 11) is 1.59. The first-order chi connectivity index (χ1) is 17.0. The monoisotopic (exact) mass is 465 g/mol. The number of ether oxygens (including phenoxy) is 1. The zero-order valence-corrected chi connectivity index (χ0v) is 20.0. The molecule has 3 aromatic carbocycles. The van der Waals surface area contributed by atoms with Gasteiger partial charge in [0.1, 0.15) is 5.75 Å². The Morgan fingerprint density at radius 2 is 1.71 bits per heavy atom. The largest absolute Gasteiger partial charge is 0.497 e. The number of imide groups is 1. The summed E-state index contributed by atoms with van der Waals surface area (Å²) in [5.74, 6) is 0.373. The molecule has 1 saturated heterocycles. The third kappa shape index (κ3) is 2.95. The molecule has 2 aliphatic heterocycles. The number of fused-ring (bicyclic) bond motifs is 5. The number of para-hydroxylation sites is 1. The quantitative estimate of drug-likeness (QED) is 0.401. The number of aromatic nitrogens is 1. The first-order valence-electron chi connectivity index (χ1n) is 12.0. The van der Waals surface area contributed by atoms with Crippen molar-refractivity contribution in [3.63, 3.8) is 0 Å². The van der Waals surface area contributed by atoms with Crippen molar-refractivity contribution in [3.8, 4) is 5.75 Å². The van der Waals surface area contributed by atoms with Crippen LogP contribution in [0.4, 0.5) is 10.5 Å². The number of benzene rings is 3. The minimum absolute atomic E-state index is 0.0484. The highest BCUT2D eigenvalue weighted by Gasteiger charge is 2.60. The van der Waals surface area contributed by atoms with Crippen molar-refractivity contribution >= 4 is 28.5 Å². The molecule has 3 amide bonds. The number of H-pyrrole nitrogens is 1. The van der Waals surface area contributed by atoms with Crippen molar-refractivity contribution in [2.24, 2.45) is 0 Å². The lowest BCUT2D eigenvalue weighted by Gasteiger charge is -2.40.